The summed E-state index contributed by atoms with van der Waals surface area (Å²) in [6.07, 6.45) is 5.76. The fourth-order valence-electron chi connectivity index (χ4n) is 4.93. The van der Waals surface area contributed by atoms with Crippen LogP contribution in [0.3, 0.4) is 0 Å². The number of carbonyl (C=O) groups is 1. The van der Waals surface area contributed by atoms with Crippen molar-refractivity contribution in [3.63, 3.8) is 0 Å². The number of hydrogen-bond donors (Lipinski definition) is 1. The zero-order chi connectivity index (χ0) is 16.7. The smallest absolute Gasteiger partial charge is 0.407 e. The van der Waals surface area contributed by atoms with Crippen LogP contribution in [0.15, 0.2) is 6.07 Å². The third-order valence-electron chi connectivity index (χ3n) is 6.07. The van der Waals surface area contributed by atoms with Gasteiger partial charge in [0.05, 0.1) is 17.4 Å². The van der Waals surface area contributed by atoms with Gasteiger partial charge in [0.2, 0.25) is 0 Å². The largest absolute Gasteiger partial charge is 0.465 e. The predicted molar refractivity (Wildman–Crippen MR) is 90.9 cm³/mol. The van der Waals surface area contributed by atoms with Crippen molar-refractivity contribution in [1.29, 1.82) is 0 Å². The van der Waals surface area contributed by atoms with E-state index in [0.29, 0.717) is 31.0 Å². The summed E-state index contributed by atoms with van der Waals surface area (Å²) >= 11 is 0. The maximum atomic E-state index is 11.1. The van der Waals surface area contributed by atoms with Crippen LogP contribution in [0.25, 0.3) is 0 Å². The molecule has 6 nitrogen and oxygen atoms in total. The number of nitrogens with zero attached hydrogens (tertiary/aromatic N) is 4. The van der Waals surface area contributed by atoms with Gasteiger partial charge in [-0.25, -0.2) is 4.79 Å². The monoisotopic (exact) mass is 332 g/mol. The lowest BCUT2D eigenvalue weighted by molar-refractivity contribution is 0.148. The van der Waals surface area contributed by atoms with Crippen molar-refractivity contribution < 1.29 is 9.90 Å². The predicted octanol–water partition coefficient (Wildman–Crippen LogP) is 2.74. The van der Waals surface area contributed by atoms with Crippen LogP contribution in [-0.2, 0) is 6.54 Å². The van der Waals surface area contributed by atoms with Gasteiger partial charge < -0.3 is 10.0 Å². The molecule has 2 atom stereocenters. The summed E-state index contributed by atoms with van der Waals surface area (Å²) in [6.45, 7) is 6.49. The van der Waals surface area contributed by atoms with Crippen LogP contribution in [0.5, 0.6) is 0 Å². The molecule has 0 spiro atoms. The summed E-state index contributed by atoms with van der Waals surface area (Å²) in [7, 11) is 0. The Balaban J connectivity index is 1.41. The fourth-order valence-corrected chi connectivity index (χ4v) is 4.93. The lowest BCUT2D eigenvalue weighted by atomic mass is 9.95. The van der Waals surface area contributed by atoms with Crippen molar-refractivity contribution in [3.05, 3.63) is 17.5 Å². The molecule has 132 valence electrons. The first-order valence-corrected chi connectivity index (χ1v) is 9.35. The van der Waals surface area contributed by atoms with Gasteiger partial charge >= 0.3 is 6.09 Å². The molecule has 3 heterocycles. The maximum absolute atomic E-state index is 11.1. The van der Waals surface area contributed by atoms with E-state index in [0.717, 1.165) is 25.3 Å². The van der Waals surface area contributed by atoms with Crippen LogP contribution in [-0.4, -0.2) is 57.0 Å². The van der Waals surface area contributed by atoms with E-state index in [1.807, 2.05) is 0 Å². The van der Waals surface area contributed by atoms with E-state index in [-0.39, 0.29) is 0 Å². The highest BCUT2D eigenvalue weighted by Gasteiger charge is 2.41. The number of likely N-dealkylation sites (tertiary alicyclic amines) is 2. The highest BCUT2D eigenvalue weighted by Crippen LogP contribution is 2.33. The highest BCUT2D eigenvalue weighted by molar-refractivity contribution is 5.65. The first-order valence-electron chi connectivity index (χ1n) is 9.35. The molecule has 2 unspecified atom stereocenters. The summed E-state index contributed by atoms with van der Waals surface area (Å²) in [6, 6.07) is 2.82. The summed E-state index contributed by atoms with van der Waals surface area (Å²) in [4.78, 5) is 15.2. The number of hydrogen-bond acceptors (Lipinski definition) is 3. The molecule has 6 heteroatoms. The fraction of sp³-hybridized carbons (Fsp3) is 0.778. The molecule has 2 saturated heterocycles. The SMILES string of the molecule is Cc1cc(CN2CC3CN(C(=O)O)CC3C2)n(C2CCCCC2)n1. The van der Waals surface area contributed by atoms with Crippen molar-refractivity contribution in [1.82, 2.24) is 19.6 Å². The molecule has 24 heavy (non-hydrogen) atoms. The van der Waals surface area contributed by atoms with Crippen molar-refractivity contribution in [2.75, 3.05) is 26.2 Å². The standard InChI is InChI=1S/C18H28N4O2/c1-13-7-17(22(19-13)16-5-3-2-4-6-16)12-20-8-14-10-21(18(23)24)11-15(14)9-20/h7,14-16H,2-6,8-12H2,1H3,(H,23,24). The molecular formula is C18H28N4O2. The minimum absolute atomic E-state index is 0.508. The first-order chi connectivity index (χ1) is 11.6. The molecule has 4 rings (SSSR count). The van der Waals surface area contributed by atoms with Gasteiger partial charge in [-0.2, -0.15) is 5.10 Å². The number of amides is 1. The normalized spacial score (nSPS) is 28.5. The van der Waals surface area contributed by atoms with Crippen LogP contribution in [0.4, 0.5) is 4.79 Å². The molecule has 1 N–H and O–H groups in total. The Morgan fingerprint density at radius 3 is 2.46 bits per heavy atom. The molecule has 0 bridgehead atoms. The highest BCUT2D eigenvalue weighted by atomic mass is 16.4. The van der Waals surface area contributed by atoms with Crippen LogP contribution in [0.1, 0.15) is 49.5 Å². The maximum Gasteiger partial charge on any atom is 0.407 e. The molecule has 3 aliphatic rings. The molecule has 1 saturated carbocycles. The van der Waals surface area contributed by atoms with Crippen molar-refractivity contribution in [3.8, 4) is 0 Å². The quantitative estimate of drug-likeness (QED) is 0.924. The zero-order valence-electron chi connectivity index (χ0n) is 14.5. The minimum atomic E-state index is -0.762. The van der Waals surface area contributed by atoms with Crippen LogP contribution >= 0.6 is 0 Å². The zero-order valence-corrected chi connectivity index (χ0v) is 14.5. The van der Waals surface area contributed by atoms with E-state index in [9.17, 15) is 4.79 Å². The van der Waals surface area contributed by atoms with Gasteiger partial charge in [-0.1, -0.05) is 19.3 Å². The lowest BCUT2D eigenvalue weighted by Crippen LogP contribution is -2.32. The van der Waals surface area contributed by atoms with Crippen LogP contribution in [0, 0.1) is 18.8 Å². The third-order valence-corrected chi connectivity index (χ3v) is 6.07. The molecule has 2 aliphatic heterocycles. The Hall–Kier alpha value is -1.56. The summed E-state index contributed by atoms with van der Waals surface area (Å²) in [5, 5.41) is 13.9. The van der Waals surface area contributed by atoms with E-state index in [2.05, 4.69) is 22.6 Å². The number of fused-ring (bicyclic) bond motifs is 1. The molecular weight excluding hydrogens is 304 g/mol. The van der Waals surface area contributed by atoms with Crippen molar-refractivity contribution in [2.24, 2.45) is 11.8 Å². The molecule has 0 radical (unpaired) electrons. The van der Waals surface area contributed by atoms with Gasteiger partial charge in [-0.05, 0) is 37.7 Å². The second-order valence-corrected chi connectivity index (χ2v) is 7.92. The summed E-state index contributed by atoms with van der Waals surface area (Å²) < 4.78 is 2.30. The van der Waals surface area contributed by atoms with Crippen LogP contribution in [0.2, 0.25) is 0 Å². The van der Waals surface area contributed by atoms with E-state index in [4.69, 9.17) is 10.2 Å². The Morgan fingerprint density at radius 2 is 1.83 bits per heavy atom. The average Bonchev–Trinajstić information content (AvgIpc) is 3.21. The number of carboxylic acid groups (broad SMARTS) is 1. The van der Waals surface area contributed by atoms with Crippen LogP contribution < -0.4 is 0 Å². The second kappa shape index (κ2) is 6.39. The molecule has 1 aliphatic carbocycles. The minimum Gasteiger partial charge on any atom is -0.465 e. The lowest BCUT2D eigenvalue weighted by Gasteiger charge is -2.26. The van der Waals surface area contributed by atoms with Gasteiger partial charge in [0.25, 0.3) is 0 Å². The van der Waals surface area contributed by atoms with E-state index in [1.165, 1.54) is 37.8 Å². The number of aryl methyl sites for hydroxylation is 1. The first kappa shape index (κ1) is 15.9. The van der Waals surface area contributed by atoms with E-state index >= 15 is 0 Å². The Kier molecular flexibility index (Phi) is 4.24. The molecule has 3 fully saturated rings. The number of rotatable bonds is 3. The Morgan fingerprint density at radius 1 is 1.17 bits per heavy atom. The van der Waals surface area contributed by atoms with E-state index < -0.39 is 6.09 Å². The summed E-state index contributed by atoms with van der Waals surface area (Å²) in [5.41, 5.74) is 2.46. The van der Waals surface area contributed by atoms with Gasteiger partial charge in [0.1, 0.15) is 0 Å². The van der Waals surface area contributed by atoms with Gasteiger partial charge in [0.15, 0.2) is 0 Å². The van der Waals surface area contributed by atoms with Gasteiger partial charge in [0, 0.05) is 32.7 Å². The Labute approximate surface area is 143 Å². The molecule has 1 aromatic heterocycles. The summed E-state index contributed by atoms with van der Waals surface area (Å²) in [5.74, 6) is 1.02. The average molecular weight is 332 g/mol. The molecule has 0 aromatic carbocycles. The Bertz CT molecular complexity index is 594. The third kappa shape index (κ3) is 3.04. The molecule has 1 aromatic rings. The van der Waals surface area contributed by atoms with E-state index in [1.54, 1.807) is 4.90 Å². The molecule has 1 amide bonds. The second-order valence-electron chi connectivity index (χ2n) is 7.92. The topological polar surface area (TPSA) is 61.6 Å². The van der Waals surface area contributed by atoms with Gasteiger partial charge in [-0.3, -0.25) is 9.58 Å². The van der Waals surface area contributed by atoms with Gasteiger partial charge in [-0.15, -0.1) is 0 Å². The number of aromatic nitrogens is 2. The van der Waals surface area contributed by atoms with Crippen molar-refractivity contribution >= 4 is 6.09 Å². The van der Waals surface area contributed by atoms with Crippen molar-refractivity contribution in [2.45, 2.75) is 51.6 Å².